The molecular weight excluding hydrogens is 405 g/mol. The standard InChI is InChI=1S/C22H30FN3O3S/c23-19-3-1-2-4-20(19)30(28,29)26-7-5-18(6-8-26)24-21(27)25-22-12-15-9-16(13-22)11-17(10-15)14-22/h1-4,15-18H,5-14H2,(H2,24,25,27). The Morgan fingerprint density at radius 3 is 2.13 bits per heavy atom. The summed E-state index contributed by atoms with van der Waals surface area (Å²) in [6.07, 6.45) is 8.36. The minimum absolute atomic E-state index is 0.0340. The van der Waals surface area contributed by atoms with Gasteiger partial charge in [-0.25, -0.2) is 17.6 Å². The van der Waals surface area contributed by atoms with Gasteiger partial charge in [-0.3, -0.25) is 0 Å². The van der Waals surface area contributed by atoms with Crippen molar-refractivity contribution in [1.82, 2.24) is 14.9 Å². The first-order valence-corrected chi connectivity index (χ1v) is 12.6. The van der Waals surface area contributed by atoms with Crippen LogP contribution in [0.1, 0.15) is 51.4 Å². The summed E-state index contributed by atoms with van der Waals surface area (Å²) in [5.74, 6) is 1.57. The lowest BCUT2D eigenvalue weighted by atomic mass is 9.53. The Morgan fingerprint density at radius 2 is 1.57 bits per heavy atom. The fraction of sp³-hybridized carbons (Fsp3) is 0.682. The molecule has 4 bridgehead atoms. The van der Waals surface area contributed by atoms with Crippen LogP contribution < -0.4 is 10.6 Å². The summed E-state index contributed by atoms with van der Waals surface area (Å²) in [4.78, 5) is 12.5. The van der Waals surface area contributed by atoms with Crippen LogP contribution >= 0.6 is 0 Å². The van der Waals surface area contributed by atoms with E-state index in [0.29, 0.717) is 12.8 Å². The Kier molecular flexibility index (Phi) is 5.05. The number of rotatable bonds is 4. The topological polar surface area (TPSA) is 78.5 Å². The van der Waals surface area contributed by atoms with Gasteiger partial charge in [-0.15, -0.1) is 0 Å². The largest absolute Gasteiger partial charge is 0.335 e. The summed E-state index contributed by atoms with van der Waals surface area (Å²) < 4.78 is 40.8. The summed E-state index contributed by atoms with van der Waals surface area (Å²) >= 11 is 0. The van der Waals surface area contributed by atoms with Gasteiger partial charge in [0.2, 0.25) is 10.0 Å². The molecule has 5 aliphatic rings. The summed E-state index contributed by atoms with van der Waals surface area (Å²) in [6, 6.07) is 5.29. The van der Waals surface area contributed by atoms with Crippen molar-refractivity contribution in [3.05, 3.63) is 30.1 Å². The Morgan fingerprint density at radius 1 is 1.00 bits per heavy atom. The van der Waals surface area contributed by atoms with Gasteiger partial charge in [-0.2, -0.15) is 4.31 Å². The number of nitrogens with zero attached hydrogens (tertiary/aromatic N) is 1. The second-order valence-electron chi connectivity index (χ2n) is 9.91. The van der Waals surface area contributed by atoms with E-state index in [0.717, 1.165) is 43.1 Å². The number of hydrogen-bond acceptors (Lipinski definition) is 3. The maximum absolute atomic E-state index is 14.0. The summed E-state index contributed by atoms with van der Waals surface area (Å²) in [6.45, 7) is 0.554. The van der Waals surface area contributed by atoms with Gasteiger partial charge in [0.1, 0.15) is 10.7 Å². The minimum Gasteiger partial charge on any atom is -0.335 e. The predicted molar refractivity (Wildman–Crippen MR) is 111 cm³/mol. The second kappa shape index (κ2) is 7.48. The average Bonchev–Trinajstić information content (AvgIpc) is 2.67. The SMILES string of the molecule is O=C(NC1CCN(S(=O)(=O)c2ccccc2F)CC1)NC12CC3CC(CC(C3)C1)C2. The van der Waals surface area contributed by atoms with Gasteiger partial charge in [0.25, 0.3) is 0 Å². The van der Waals surface area contributed by atoms with Crippen molar-refractivity contribution >= 4 is 16.1 Å². The normalized spacial score (nSPS) is 34.1. The highest BCUT2D eigenvalue weighted by molar-refractivity contribution is 7.89. The summed E-state index contributed by atoms with van der Waals surface area (Å²) in [5.41, 5.74) is -0.0340. The van der Waals surface area contributed by atoms with Crippen molar-refractivity contribution in [2.75, 3.05) is 13.1 Å². The van der Waals surface area contributed by atoms with Gasteiger partial charge in [-0.05, 0) is 81.3 Å². The third-order valence-corrected chi connectivity index (χ3v) is 9.59. The molecule has 1 heterocycles. The third kappa shape index (κ3) is 3.73. The van der Waals surface area contributed by atoms with Crippen molar-refractivity contribution in [2.45, 2.75) is 67.8 Å². The lowest BCUT2D eigenvalue weighted by Crippen LogP contribution is -2.62. The molecule has 4 aliphatic carbocycles. The number of sulfonamides is 1. The van der Waals surface area contributed by atoms with Gasteiger partial charge < -0.3 is 10.6 Å². The molecule has 0 atom stereocenters. The van der Waals surface area contributed by atoms with E-state index >= 15 is 0 Å². The number of amides is 2. The van der Waals surface area contributed by atoms with E-state index in [1.54, 1.807) is 0 Å². The number of carbonyl (C=O) groups excluding carboxylic acids is 1. The maximum Gasteiger partial charge on any atom is 0.315 e. The molecule has 164 valence electrons. The van der Waals surface area contributed by atoms with Crippen molar-refractivity contribution < 1.29 is 17.6 Å². The van der Waals surface area contributed by atoms with Gasteiger partial charge in [0.05, 0.1) is 0 Å². The highest BCUT2D eigenvalue weighted by Crippen LogP contribution is 2.55. The molecule has 2 N–H and O–H groups in total. The average molecular weight is 436 g/mol. The maximum atomic E-state index is 14.0. The van der Waals surface area contributed by atoms with E-state index in [1.807, 2.05) is 0 Å². The zero-order valence-corrected chi connectivity index (χ0v) is 18.0. The molecule has 0 aromatic heterocycles. The summed E-state index contributed by atoms with van der Waals surface area (Å²) in [7, 11) is -3.85. The van der Waals surface area contributed by atoms with Crippen molar-refractivity contribution in [2.24, 2.45) is 17.8 Å². The second-order valence-corrected chi connectivity index (χ2v) is 11.8. The molecule has 8 heteroatoms. The molecule has 6 rings (SSSR count). The summed E-state index contributed by atoms with van der Waals surface area (Å²) in [5, 5.41) is 6.39. The van der Waals surface area contributed by atoms with Gasteiger partial charge in [0, 0.05) is 24.7 Å². The van der Waals surface area contributed by atoms with Crippen molar-refractivity contribution in [3.63, 3.8) is 0 Å². The molecule has 1 aromatic rings. The van der Waals surface area contributed by atoms with Crippen molar-refractivity contribution in [3.8, 4) is 0 Å². The van der Waals surface area contributed by atoms with Crippen LogP contribution in [0.25, 0.3) is 0 Å². The number of halogens is 1. The Balaban J connectivity index is 1.16. The van der Waals surface area contributed by atoms with Crippen LogP contribution in [-0.4, -0.2) is 43.4 Å². The third-order valence-electron chi connectivity index (χ3n) is 7.66. The highest BCUT2D eigenvalue weighted by atomic mass is 32.2. The van der Waals surface area contributed by atoms with E-state index < -0.39 is 15.8 Å². The Labute approximate surface area is 177 Å². The van der Waals surface area contributed by atoms with E-state index in [-0.39, 0.29) is 35.6 Å². The molecule has 0 spiro atoms. The smallest absolute Gasteiger partial charge is 0.315 e. The lowest BCUT2D eigenvalue weighted by molar-refractivity contribution is -0.0137. The van der Waals surface area contributed by atoms with Crippen LogP contribution in [0.15, 0.2) is 29.2 Å². The molecule has 5 fully saturated rings. The van der Waals surface area contributed by atoms with Crippen LogP contribution in [0.3, 0.4) is 0 Å². The number of hydrogen-bond donors (Lipinski definition) is 2. The molecule has 1 aliphatic heterocycles. The van der Waals surface area contributed by atoms with Crippen LogP contribution in [0.2, 0.25) is 0 Å². The fourth-order valence-corrected chi connectivity index (χ4v) is 8.29. The van der Waals surface area contributed by atoms with Crippen LogP contribution in [0, 0.1) is 23.6 Å². The fourth-order valence-electron chi connectivity index (χ4n) is 6.76. The number of nitrogens with one attached hydrogen (secondary N) is 2. The van der Waals surface area contributed by atoms with Crippen molar-refractivity contribution in [1.29, 1.82) is 0 Å². The van der Waals surface area contributed by atoms with E-state index in [1.165, 1.54) is 41.8 Å². The lowest BCUT2D eigenvalue weighted by Gasteiger charge is -2.56. The van der Waals surface area contributed by atoms with Crippen LogP contribution in [0.5, 0.6) is 0 Å². The van der Waals surface area contributed by atoms with Gasteiger partial charge in [0.15, 0.2) is 0 Å². The molecule has 0 unspecified atom stereocenters. The van der Waals surface area contributed by atoms with E-state index in [9.17, 15) is 17.6 Å². The molecule has 6 nitrogen and oxygen atoms in total. The zero-order chi connectivity index (χ0) is 20.9. The van der Waals surface area contributed by atoms with Gasteiger partial charge in [-0.1, -0.05) is 12.1 Å². The number of benzene rings is 1. The molecule has 30 heavy (non-hydrogen) atoms. The van der Waals surface area contributed by atoms with Crippen LogP contribution in [0.4, 0.5) is 9.18 Å². The quantitative estimate of drug-likeness (QED) is 0.762. The molecule has 0 radical (unpaired) electrons. The monoisotopic (exact) mass is 435 g/mol. The van der Waals surface area contributed by atoms with Crippen LogP contribution in [-0.2, 0) is 10.0 Å². The van der Waals surface area contributed by atoms with E-state index in [2.05, 4.69) is 10.6 Å². The molecular formula is C22H30FN3O3S. The zero-order valence-electron chi connectivity index (χ0n) is 17.1. The molecule has 1 aromatic carbocycles. The number of carbonyl (C=O) groups is 1. The first kappa shape index (κ1) is 20.2. The van der Waals surface area contributed by atoms with E-state index in [4.69, 9.17) is 0 Å². The molecule has 4 saturated carbocycles. The Bertz CT molecular complexity index is 892. The highest BCUT2D eigenvalue weighted by Gasteiger charge is 2.51. The first-order valence-electron chi connectivity index (χ1n) is 11.2. The molecule has 1 saturated heterocycles. The molecule has 2 amide bonds. The first-order chi connectivity index (χ1) is 14.3. The Hall–Kier alpha value is -1.67. The number of piperidine rings is 1. The van der Waals surface area contributed by atoms with Gasteiger partial charge >= 0.3 is 6.03 Å². The predicted octanol–water partition coefficient (Wildman–Crippen LogP) is 3.25. The number of urea groups is 1. The minimum atomic E-state index is -3.85.